The van der Waals surface area contributed by atoms with Gasteiger partial charge in [0.1, 0.15) is 11.5 Å². The smallest absolute Gasteiger partial charge is 0.234 e. The maximum absolute atomic E-state index is 12.2. The normalized spacial score (nSPS) is 18.8. The van der Waals surface area contributed by atoms with Crippen LogP contribution in [0.15, 0.2) is 18.2 Å². The van der Waals surface area contributed by atoms with Gasteiger partial charge >= 0.3 is 0 Å². The number of hydrogen-bond acceptors (Lipinski definition) is 5. The lowest BCUT2D eigenvalue weighted by atomic mass is 10.3. The molecule has 1 aromatic carbocycles. The number of nitrogens with one attached hydrogen (secondary N) is 2. The van der Waals surface area contributed by atoms with Crippen molar-refractivity contribution in [2.75, 3.05) is 31.2 Å². The highest BCUT2D eigenvalue weighted by atomic mass is 32.2. The number of rotatable bonds is 6. The lowest BCUT2D eigenvalue weighted by molar-refractivity contribution is 0.405. The van der Waals surface area contributed by atoms with Crippen molar-refractivity contribution in [1.82, 2.24) is 5.32 Å². The van der Waals surface area contributed by atoms with Crippen molar-refractivity contribution < 1.29 is 17.9 Å². The molecule has 1 aliphatic heterocycles. The molecule has 1 aromatic rings. The summed E-state index contributed by atoms with van der Waals surface area (Å²) in [4.78, 5) is 0. The van der Waals surface area contributed by atoms with E-state index < -0.39 is 10.0 Å². The fraction of sp³-hybridized carbons (Fsp3) is 0.538. The molecule has 1 heterocycles. The molecular weight excluding hydrogens is 280 g/mol. The first-order valence-corrected chi connectivity index (χ1v) is 8.15. The number of anilines is 1. The Hall–Kier alpha value is -1.47. The van der Waals surface area contributed by atoms with Crippen LogP contribution in [0.3, 0.4) is 0 Å². The van der Waals surface area contributed by atoms with Gasteiger partial charge in [-0.2, -0.15) is 0 Å². The lowest BCUT2D eigenvalue weighted by Crippen LogP contribution is -2.32. The third-order valence-electron chi connectivity index (χ3n) is 3.26. The van der Waals surface area contributed by atoms with Crippen molar-refractivity contribution in [1.29, 1.82) is 0 Å². The zero-order chi connectivity index (χ0) is 14.6. The van der Waals surface area contributed by atoms with E-state index in [9.17, 15) is 8.42 Å². The Morgan fingerprint density at radius 2 is 2.15 bits per heavy atom. The minimum atomic E-state index is -3.42. The predicted octanol–water partition coefficient (Wildman–Crippen LogP) is 1.20. The van der Waals surface area contributed by atoms with Crippen LogP contribution in [0.4, 0.5) is 5.69 Å². The van der Waals surface area contributed by atoms with Crippen LogP contribution in [0, 0.1) is 0 Å². The third-order valence-corrected chi connectivity index (χ3v) is 4.63. The number of hydrogen-bond donors (Lipinski definition) is 2. The number of ether oxygens (including phenoxy) is 2. The molecule has 0 bridgehead atoms. The van der Waals surface area contributed by atoms with E-state index in [1.54, 1.807) is 18.2 Å². The molecule has 0 amide bonds. The second kappa shape index (κ2) is 6.32. The highest BCUT2D eigenvalue weighted by Crippen LogP contribution is 2.29. The molecule has 6 nitrogen and oxygen atoms in total. The van der Waals surface area contributed by atoms with Crippen LogP contribution < -0.4 is 19.5 Å². The fourth-order valence-corrected chi connectivity index (χ4v) is 3.66. The number of sulfonamides is 1. The zero-order valence-corrected chi connectivity index (χ0v) is 12.5. The first-order chi connectivity index (χ1) is 9.54. The van der Waals surface area contributed by atoms with Gasteiger partial charge in [0, 0.05) is 12.1 Å². The van der Waals surface area contributed by atoms with Gasteiger partial charge in [-0.1, -0.05) is 0 Å². The van der Waals surface area contributed by atoms with Crippen LogP contribution >= 0.6 is 0 Å². The van der Waals surface area contributed by atoms with Crippen molar-refractivity contribution >= 4 is 15.7 Å². The van der Waals surface area contributed by atoms with E-state index in [0.29, 0.717) is 17.2 Å². The lowest BCUT2D eigenvalue weighted by Gasteiger charge is -2.15. The van der Waals surface area contributed by atoms with Crippen LogP contribution in [-0.2, 0) is 10.0 Å². The van der Waals surface area contributed by atoms with E-state index >= 15 is 0 Å². The highest BCUT2D eigenvalue weighted by Gasteiger charge is 2.23. The molecule has 0 spiro atoms. The Kier molecular flexibility index (Phi) is 4.72. The minimum absolute atomic E-state index is 0.0177. The van der Waals surface area contributed by atoms with Gasteiger partial charge in [0.25, 0.3) is 0 Å². The molecule has 1 fully saturated rings. The molecule has 2 N–H and O–H groups in total. The van der Waals surface area contributed by atoms with Gasteiger partial charge in [-0.15, -0.1) is 0 Å². The monoisotopic (exact) mass is 300 g/mol. The Labute approximate surface area is 119 Å². The first kappa shape index (κ1) is 14.9. The average molecular weight is 300 g/mol. The average Bonchev–Trinajstić information content (AvgIpc) is 2.90. The maximum Gasteiger partial charge on any atom is 0.234 e. The third kappa shape index (κ3) is 3.77. The van der Waals surface area contributed by atoms with Gasteiger partial charge < -0.3 is 14.8 Å². The second-order valence-corrected chi connectivity index (χ2v) is 6.51. The van der Waals surface area contributed by atoms with Crippen LogP contribution in [0.25, 0.3) is 0 Å². The molecule has 1 aliphatic rings. The molecule has 2 rings (SSSR count). The van der Waals surface area contributed by atoms with Gasteiger partial charge in [-0.25, -0.2) is 8.42 Å². The quantitative estimate of drug-likeness (QED) is 0.825. The largest absolute Gasteiger partial charge is 0.497 e. The summed E-state index contributed by atoms with van der Waals surface area (Å²) in [5.41, 5.74) is 0.393. The fourth-order valence-electron chi connectivity index (χ4n) is 2.27. The van der Waals surface area contributed by atoms with E-state index in [4.69, 9.17) is 9.47 Å². The first-order valence-electron chi connectivity index (χ1n) is 6.50. The summed E-state index contributed by atoms with van der Waals surface area (Å²) >= 11 is 0. The van der Waals surface area contributed by atoms with Gasteiger partial charge in [0.05, 0.1) is 25.7 Å². The number of benzene rings is 1. The van der Waals surface area contributed by atoms with E-state index in [1.165, 1.54) is 14.2 Å². The minimum Gasteiger partial charge on any atom is -0.497 e. The summed E-state index contributed by atoms with van der Waals surface area (Å²) < 4.78 is 37.2. The molecule has 0 aromatic heterocycles. The van der Waals surface area contributed by atoms with E-state index in [0.717, 1.165) is 19.4 Å². The molecule has 7 heteroatoms. The highest BCUT2D eigenvalue weighted by molar-refractivity contribution is 7.92. The summed E-state index contributed by atoms with van der Waals surface area (Å²) in [6.45, 7) is 0.878. The molecule has 112 valence electrons. The molecule has 0 saturated carbocycles. The Morgan fingerprint density at radius 1 is 1.35 bits per heavy atom. The zero-order valence-electron chi connectivity index (χ0n) is 11.7. The van der Waals surface area contributed by atoms with E-state index in [-0.39, 0.29) is 11.8 Å². The van der Waals surface area contributed by atoms with Crippen molar-refractivity contribution in [3.8, 4) is 11.5 Å². The molecular formula is C13H20N2O4S. The number of methoxy groups -OCH3 is 2. The van der Waals surface area contributed by atoms with Crippen LogP contribution in [0.5, 0.6) is 11.5 Å². The Bertz CT molecular complexity index is 553. The summed E-state index contributed by atoms with van der Waals surface area (Å²) in [6.07, 6.45) is 1.90. The molecule has 1 unspecified atom stereocenters. The maximum atomic E-state index is 12.2. The second-order valence-electron chi connectivity index (χ2n) is 4.74. The summed E-state index contributed by atoms with van der Waals surface area (Å²) in [5, 5.41) is 3.17. The summed E-state index contributed by atoms with van der Waals surface area (Å²) in [7, 11) is -0.395. The SMILES string of the molecule is COc1ccc(OC)c(NS(=O)(=O)CC2CCCN2)c1. The van der Waals surface area contributed by atoms with Crippen molar-refractivity contribution in [2.24, 2.45) is 0 Å². The topological polar surface area (TPSA) is 76.7 Å². The van der Waals surface area contributed by atoms with Crippen LogP contribution in [0.1, 0.15) is 12.8 Å². The van der Waals surface area contributed by atoms with Crippen LogP contribution in [-0.4, -0.2) is 41.0 Å². The van der Waals surface area contributed by atoms with Crippen molar-refractivity contribution in [3.63, 3.8) is 0 Å². The van der Waals surface area contributed by atoms with Gasteiger partial charge in [-0.3, -0.25) is 4.72 Å². The summed E-state index contributed by atoms with van der Waals surface area (Å²) in [6, 6.07) is 5.02. The van der Waals surface area contributed by atoms with Crippen molar-refractivity contribution in [3.05, 3.63) is 18.2 Å². The van der Waals surface area contributed by atoms with Gasteiger partial charge in [0.15, 0.2) is 0 Å². The van der Waals surface area contributed by atoms with E-state index in [2.05, 4.69) is 10.0 Å². The standard InChI is InChI=1S/C13H20N2O4S/c1-18-11-5-6-13(19-2)12(8-11)15-20(16,17)9-10-4-3-7-14-10/h5-6,8,10,14-15H,3-4,7,9H2,1-2H3. The predicted molar refractivity (Wildman–Crippen MR) is 78.0 cm³/mol. The Morgan fingerprint density at radius 3 is 2.75 bits per heavy atom. The molecule has 1 atom stereocenters. The Balaban J connectivity index is 2.14. The van der Waals surface area contributed by atoms with Gasteiger partial charge in [-0.05, 0) is 31.5 Å². The van der Waals surface area contributed by atoms with E-state index in [1.807, 2.05) is 0 Å². The van der Waals surface area contributed by atoms with Gasteiger partial charge in [0.2, 0.25) is 10.0 Å². The molecule has 0 radical (unpaired) electrons. The molecule has 1 saturated heterocycles. The van der Waals surface area contributed by atoms with Crippen LogP contribution in [0.2, 0.25) is 0 Å². The van der Waals surface area contributed by atoms with Crippen molar-refractivity contribution in [2.45, 2.75) is 18.9 Å². The molecule has 0 aliphatic carbocycles. The molecule has 20 heavy (non-hydrogen) atoms. The summed E-state index contributed by atoms with van der Waals surface area (Å²) in [5.74, 6) is 1.10.